The number of aromatic nitrogens is 1. The van der Waals surface area contributed by atoms with Gasteiger partial charge in [-0.1, -0.05) is 13.0 Å². The first-order chi connectivity index (χ1) is 9.90. The van der Waals surface area contributed by atoms with Crippen molar-refractivity contribution < 1.29 is 0 Å². The highest BCUT2D eigenvalue weighted by Crippen LogP contribution is 2.38. The summed E-state index contributed by atoms with van der Waals surface area (Å²) in [5.74, 6) is 4.52. The molecule has 0 radical (unpaired) electrons. The molecule has 1 saturated heterocycles. The highest BCUT2D eigenvalue weighted by Gasteiger charge is 2.34. The summed E-state index contributed by atoms with van der Waals surface area (Å²) in [5.41, 5.74) is 2.86. The van der Waals surface area contributed by atoms with Crippen LogP contribution in [0.2, 0.25) is 0 Å². The molecule has 2 aliphatic rings. The van der Waals surface area contributed by atoms with Crippen molar-refractivity contribution in [3.63, 3.8) is 0 Å². The number of thioether (sulfide) groups is 2. The minimum absolute atomic E-state index is 0.590. The van der Waals surface area contributed by atoms with Crippen molar-refractivity contribution in [1.29, 1.82) is 0 Å². The van der Waals surface area contributed by atoms with Crippen molar-refractivity contribution in [1.82, 2.24) is 10.3 Å². The standard InChI is InChI=1S/C16H24N2S2/c1-2-17-16(14-11-19-9-10-20-14)13-7-3-5-12-6-4-8-18-15(12)13/h4,6,8,13-14,16-17H,2-3,5,7,9-11H2,1H3. The van der Waals surface area contributed by atoms with E-state index in [1.807, 2.05) is 6.20 Å². The summed E-state index contributed by atoms with van der Waals surface area (Å²) < 4.78 is 0. The molecule has 1 aromatic rings. The molecule has 0 spiro atoms. The van der Waals surface area contributed by atoms with Gasteiger partial charge in [0.25, 0.3) is 0 Å². The topological polar surface area (TPSA) is 24.9 Å². The Bertz CT molecular complexity index is 432. The summed E-state index contributed by atoms with van der Waals surface area (Å²) >= 11 is 4.29. The first-order valence-corrected chi connectivity index (χ1v) is 9.97. The van der Waals surface area contributed by atoms with E-state index >= 15 is 0 Å². The van der Waals surface area contributed by atoms with Gasteiger partial charge in [0.05, 0.1) is 0 Å². The van der Waals surface area contributed by atoms with Crippen molar-refractivity contribution >= 4 is 23.5 Å². The Hall–Kier alpha value is -0.190. The SMILES string of the molecule is CCNC(C1CSCCS1)C1CCCc2cccnc21. The maximum absolute atomic E-state index is 4.74. The lowest BCUT2D eigenvalue weighted by Gasteiger charge is -2.38. The first-order valence-electron chi connectivity index (χ1n) is 7.76. The molecular formula is C16H24N2S2. The average Bonchev–Trinajstić information content (AvgIpc) is 2.53. The van der Waals surface area contributed by atoms with E-state index in [1.54, 1.807) is 0 Å². The molecule has 0 saturated carbocycles. The second-order valence-electron chi connectivity index (χ2n) is 5.61. The molecule has 3 unspecified atom stereocenters. The number of hydrogen-bond donors (Lipinski definition) is 1. The van der Waals surface area contributed by atoms with Crippen LogP contribution in [0.25, 0.3) is 0 Å². The number of likely N-dealkylation sites (N-methyl/N-ethyl adjacent to an activating group) is 1. The lowest BCUT2D eigenvalue weighted by Crippen LogP contribution is -2.46. The Balaban J connectivity index is 1.84. The molecule has 1 N–H and O–H groups in total. The lowest BCUT2D eigenvalue weighted by molar-refractivity contribution is 0.390. The van der Waals surface area contributed by atoms with Crippen molar-refractivity contribution in [2.24, 2.45) is 0 Å². The van der Waals surface area contributed by atoms with Gasteiger partial charge in [-0.15, -0.1) is 0 Å². The van der Waals surface area contributed by atoms with Gasteiger partial charge in [0.15, 0.2) is 0 Å². The van der Waals surface area contributed by atoms with Crippen molar-refractivity contribution in [2.75, 3.05) is 23.8 Å². The van der Waals surface area contributed by atoms with Crippen LogP contribution in [0.3, 0.4) is 0 Å². The summed E-state index contributed by atoms with van der Waals surface area (Å²) in [6, 6.07) is 4.96. The Morgan fingerprint density at radius 3 is 3.20 bits per heavy atom. The Labute approximate surface area is 130 Å². The molecule has 0 bridgehead atoms. The van der Waals surface area contributed by atoms with Crippen LogP contribution >= 0.6 is 23.5 Å². The minimum Gasteiger partial charge on any atom is -0.312 e. The van der Waals surface area contributed by atoms with E-state index in [1.165, 1.54) is 47.8 Å². The van der Waals surface area contributed by atoms with Gasteiger partial charge in [-0.2, -0.15) is 23.5 Å². The molecule has 2 heterocycles. The quantitative estimate of drug-likeness (QED) is 0.922. The molecule has 1 fully saturated rings. The van der Waals surface area contributed by atoms with Gasteiger partial charge in [-0.25, -0.2) is 0 Å². The second kappa shape index (κ2) is 7.19. The van der Waals surface area contributed by atoms with E-state index < -0.39 is 0 Å². The molecule has 4 heteroatoms. The zero-order valence-corrected chi connectivity index (χ0v) is 13.8. The number of nitrogens with one attached hydrogen (secondary N) is 1. The lowest BCUT2D eigenvalue weighted by atomic mass is 9.81. The predicted octanol–water partition coefficient (Wildman–Crippen LogP) is 3.33. The maximum atomic E-state index is 4.74. The molecule has 20 heavy (non-hydrogen) atoms. The summed E-state index contributed by atoms with van der Waals surface area (Å²) in [5, 5.41) is 4.53. The monoisotopic (exact) mass is 308 g/mol. The van der Waals surface area contributed by atoms with Crippen molar-refractivity contribution in [3.8, 4) is 0 Å². The number of hydrogen-bond acceptors (Lipinski definition) is 4. The molecule has 1 aromatic heterocycles. The Kier molecular flexibility index (Phi) is 5.30. The summed E-state index contributed by atoms with van der Waals surface area (Å²) in [6.45, 7) is 3.29. The van der Waals surface area contributed by atoms with Gasteiger partial charge in [0.2, 0.25) is 0 Å². The highest BCUT2D eigenvalue weighted by molar-refractivity contribution is 8.06. The van der Waals surface area contributed by atoms with Crippen molar-refractivity contribution in [2.45, 2.75) is 43.4 Å². The summed E-state index contributed by atoms with van der Waals surface area (Å²) in [6.07, 6.45) is 5.80. The average molecular weight is 309 g/mol. The van der Waals surface area contributed by atoms with Crippen molar-refractivity contribution in [3.05, 3.63) is 29.6 Å². The molecule has 3 rings (SSSR count). The largest absolute Gasteiger partial charge is 0.312 e. The number of rotatable bonds is 4. The van der Waals surface area contributed by atoms with E-state index in [9.17, 15) is 0 Å². The van der Waals surface area contributed by atoms with Crippen LogP contribution in [0.15, 0.2) is 18.3 Å². The van der Waals surface area contributed by atoms with Crippen LogP contribution < -0.4 is 5.32 Å². The fourth-order valence-corrected chi connectivity index (χ4v) is 6.41. The van der Waals surface area contributed by atoms with Crippen LogP contribution in [0, 0.1) is 0 Å². The first kappa shape index (κ1) is 14.7. The normalized spacial score (nSPS) is 27.9. The smallest absolute Gasteiger partial charge is 0.0482 e. The number of aryl methyl sites for hydroxylation is 1. The molecule has 3 atom stereocenters. The Morgan fingerprint density at radius 2 is 2.40 bits per heavy atom. The third-order valence-electron chi connectivity index (χ3n) is 4.35. The van der Waals surface area contributed by atoms with E-state index in [2.05, 4.69) is 47.9 Å². The van der Waals surface area contributed by atoms with Gasteiger partial charge in [-0.05, 0) is 37.4 Å². The number of nitrogens with zero attached hydrogens (tertiary/aromatic N) is 1. The van der Waals surface area contributed by atoms with E-state index in [-0.39, 0.29) is 0 Å². The number of pyridine rings is 1. The van der Waals surface area contributed by atoms with Crippen LogP contribution in [-0.4, -0.2) is 40.1 Å². The highest BCUT2D eigenvalue weighted by atomic mass is 32.2. The molecule has 1 aliphatic carbocycles. The molecule has 2 nitrogen and oxygen atoms in total. The summed E-state index contributed by atoms with van der Waals surface area (Å²) in [7, 11) is 0. The van der Waals surface area contributed by atoms with Gasteiger partial charge in [0, 0.05) is 46.4 Å². The van der Waals surface area contributed by atoms with Gasteiger partial charge in [0.1, 0.15) is 0 Å². The molecule has 0 amide bonds. The van der Waals surface area contributed by atoms with Crippen LogP contribution in [0.5, 0.6) is 0 Å². The Morgan fingerprint density at radius 1 is 1.45 bits per heavy atom. The maximum Gasteiger partial charge on any atom is 0.0482 e. The third-order valence-corrected chi connectivity index (χ3v) is 7.24. The van der Waals surface area contributed by atoms with E-state index in [0.29, 0.717) is 12.0 Å². The zero-order chi connectivity index (χ0) is 13.8. The molecular weight excluding hydrogens is 284 g/mol. The van der Waals surface area contributed by atoms with Gasteiger partial charge in [-0.3, -0.25) is 4.98 Å². The fourth-order valence-electron chi connectivity index (χ4n) is 3.48. The second-order valence-corrected chi connectivity index (χ2v) is 8.11. The third kappa shape index (κ3) is 3.18. The molecule has 1 aliphatic heterocycles. The molecule has 110 valence electrons. The fraction of sp³-hybridized carbons (Fsp3) is 0.688. The summed E-state index contributed by atoms with van der Waals surface area (Å²) in [4.78, 5) is 4.74. The minimum atomic E-state index is 0.590. The predicted molar refractivity (Wildman–Crippen MR) is 91.0 cm³/mol. The van der Waals surface area contributed by atoms with E-state index in [0.717, 1.165) is 11.8 Å². The van der Waals surface area contributed by atoms with Gasteiger partial charge >= 0.3 is 0 Å². The zero-order valence-electron chi connectivity index (χ0n) is 12.2. The molecule has 0 aromatic carbocycles. The van der Waals surface area contributed by atoms with Crippen LogP contribution in [0.1, 0.15) is 36.9 Å². The van der Waals surface area contributed by atoms with Gasteiger partial charge < -0.3 is 5.32 Å². The van der Waals surface area contributed by atoms with E-state index in [4.69, 9.17) is 4.98 Å². The van der Waals surface area contributed by atoms with Crippen LogP contribution in [-0.2, 0) is 6.42 Å². The number of fused-ring (bicyclic) bond motifs is 1. The van der Waals surface area contributed by atoms with Crippen LogP contribution in [0.4, 0.5) is 0 Å².